The number of rotatable bonds is 5. The molecular formula is C13H19Cl2NO2S. The van der Waals surface area contributed by atoms with Crippen LogP contribution in [0.3, 0.4) is 0 Å². The van der Waals surface area contributed by atoms with Crippen LogP contribution in [0.25, 0.3) is 0 Å². The van der Waals surface area contributed by atoms with Crippen LogP contribution in [0.1, 0.15) is 27.7 Å². The average Bonchev–Trinajstić information content (AvgIpc) is 2.28. The van der Waals surface area contributed by atoms with Crippen molar-refractivity contribution >= 4 is 33.2 Å². The Morgan fingerprint density at radius 1 is 1.05 bits per heavy atom. The Bertz CT molecular complexity index is 534. The molecule has 0 heterocycles. The number of benzene rings is 1. The zero-order valence-corrected chi connectivity index (χ0v) is 13.8. The second-order valence-corrected chi connectivity index (χ2v) is 7.74. The summed E-state index contributed by atoms with van der Waals surface area (Å²) in [5.74, 6) is 0.375. The van der Waals surface area contributed by atoms with Crippen LogP contribution in [-0.4, -0.2) is 14.5 Å². The minimum absolute atomic E-state index is 0.0213. The Kier molecular flexibility index (Phi) is 5.68. The van der Waals surface area contributed by atoms with Gasteiger partial charge in [0.25, 0.3) is 0 Å². The van der Waals surface area contributed by atoms with E-state index in [-0.39, 0.29) is 27.8 Å². The molecule has 0 bridgehead atoms. The van der Waals surface area contributed by atoms with Gasteiger partial charge in [-0.15, -0.1) is 0 Å². The summed E-state index contributed by atoms with van der Waals surface area (Å²) in [6.45, 7) is 7.92. The van der Waals surface area contributed by atoms with Gasteiger partial charge in [0, 0.05) is 11.1 Å². The highest BCUT2D eigenvalue weighted by molar-refractivity contribution is 7.89. The van der Waals surface area contributed by atoms with Crippen LogP contribution in [0.2, 0.25) is 10.0 Å². The van der Waals surface area contributed by atoms with Gasteiger partial charge in [0.2, 0.25) is 10.0 Å². The standard InChI is InChI=1S/C13H19Cl2NO2S/c1-8(2)13(9(3)4)16-19(17,18)12-7-10(14)5-6-11(12)15/h5-9,13,16H,1-4H3. The Labute approximate surface area is 125 Å². The van der Waals surface area contributed by atoms with Crippen LogP contribution < -0.4 is 4.72 Å². The van der Waals surface area contributed by atoms with Gasteiger partial charge in [-0.25, -0.2) is 13.1 Å². The maximum absolute atomic E-state index is 12.4. The molecular weight excluding hydrogens is 305 g/mol. The lowest BCUT2D eigenvalue weighted by molar-refractivity contribution is 0.355. The van der Waals surface area contributed by atoms with E-state index in [1.165, 1.54) is 12.1 Å². The van der Waals surface area contributed by atoms with E-state index in [1.54, 1.807) is 6.07 Å². The summed E-state index contributed by atoms with van der Waals surface area (Å²) < 4.78 is 27.4. The molecule has 19 heavy (non-hydrogen) atoms. The third-order valence-electron chi connectivity index (χ3n) is 2.91. The van der Waals surface area contributed by atoms with Crippen molar-refractivity contribution in [3.63, 3.8) is 0 Å². The van der Waals surface area contributed by atoms with Gasteiger partial charge in [-0.1, -0.05) is 50.9 Å². The Morgan fingerprint density at radius 3 is 2.05 bits per heavy atom. The van der Waals surface area contributed by atoms with E-state index < -0.39 is 10.0 Å². The number of halogens is 2. The summed E-state index contributed by atoms with van der Waals surface area (Å²) in [6.07, 6.45) is 0. The van der Waals surface area contributed by atoms with Crippen molar-refractivity contribution in [2.75, 3.05) is 0 Å². The number of nitrogens with one attached hydrogen (secondary N) is 1. The molecule has 0 saturated carbocycles. The van der Waals surface area contributed by atoms with Crippen molar-refractivity contribution in [3.05, 3.63) is 28.2 Å². The first-order valence-corrected chi connectivity index (χ1v) is 8.36. The monoisotopic (exact) mass is 323 g/mol. The number of hydrogen-bond acceptors (Lipinski definition) is 2. The molecule has 0 atom stereocenters. The van der Waals surface area contributed by atoms with Crippen LogP contribution >= 0.6 is 23.2 Å². The first kappa shape index (κ1) is 16.8. The van der Waals surface area contributed by atoms with Crippen molar-refractivity contribution in [1.29, 1.82) is 0 Å². The molecule has 0 aliphatic rings. The van der Waals surface area contributed by atoms with Gasteiger partial charge < -0.3 is 0 Å². The van der Waals surface area contributed by atoms with E-state index in [2.05, 4.69) is 4.72 Å². The molecule has 1 rings (SSSR count). The van der Waals surface area contributed by atoms with Gasteiger partial charge in [-0.3, -0.25) is 0 Å². The smallest absolute Gasteiger partial charge is 0.208 e. The van der Waals surface area contributed by atoms with Crippen molar-refractivity contribution in [1.82, 2.24) is 4.72 Å². The molecule has 0 fully saturated rings. The third kappa shape index (κ3) is 4.35. The van der Waals surface area contributed by atoms with Gasteiger partial charge in [0.1, 0.15) is 4.90 Å². The van der Waals surface area contributed by atoms with Crippen LogP contribution in [0.15, 0.2) is 23.1 Å². The van der Waals surface area contributed by atoms with Crippen LogP contribution in [0, 0.1) is 11.8 Å². The minimum atomic E-state index is -3.67. The quantitative estimate of drug-likeness (QED) is 0.891. The molecule has 0 aromatic heterocycles. The van der Waals surface area contributed by atoms with Gasteiger partial charge in [-0.05, 0) is 30.0 Å². The highest BCUT2D eigenvalue weighted by Gasteiger charge is 2.26. The normalized spacial score (nSPS) is 12.7. The largest absolute Gasteiger partial charge is 0.242 e. The predicted molar refractivity (Wildman–Crippen MR) is 80.2 cm³/mol. The van der Waals surface area contributed by atoms with E-state index in [4.69, 9.17) is 23.2 Å². The highest BCUT2D eigenvalue weighted by Crippen LogP contribution is 2.26. The summed E-state index contributed by atoms with van der Waals surface area (Å²) in [5.41, 5.74) is 0. The van der Waals surface area contributed by atoms with E-state index in [0.717, 1.165) is 0 Å². The second kappa shape index (κ2) is 6.44. The lowest BCUT2D eigenvalue weighted by Crippen LogP contribution is -2.42. The van der Waals surface area contributed by atoms with E-state index in [1.807, 2.05) is 27.7 Å². The summed E-state index contributed by atoms with van der Waals surface area (Å²) in [5, 5.41) is 0.513. The molecule has 0 amide bonds. The first-order chi connectivity index (χ1) is 8.65. The third-order valence-corrected chi connectivity index (χ3v) is 5.09. The molecule has 1 aromatic carbocycles. The van der Waals surface area contributed by atoms with Crippen molar-refractivity contribution in [2.45, 2.75) is 38.6 Å². The number of sulfonamides is 1. The average molecular weight is 324 g/mol. The maximum atomic E-state index is 12.4. The molecule has 108 valence electrons. The molecule has 0 spiro atoms. The molecule has 3 nitrogen and oxygen atoms in total. The molecule has 1 N–H and O–H groups in total. The Balaban J connectivity index is 3.14. The van der Waals surface area contributed by atoms with E-state index in [0.29, 0.717) is 5.02 Å². The lowest BCUT2D eigenvalue weighted by Gasteiger charge is -2.26. The van der Waals surface area contributed by atoms with Gasteiger partial charge in [0.15, 0.2) is 0 Å². The van der Waals surface area contributed by atoms with Crippen LogP contribution in [0.5, 0.6) is 0 Å². The highest BCUT2D eigenvalue weighted by atomic mass is 35.5. The van der Waals surface area contributed by atoms with Gasteiger partial charge >= 0.3 is 0 Å². The summed E-state index contributed by atoms with van der Waals surface area (Å²) in [6, 6.07) is 4.26. The van der Waals surface area contributed by atoms with Gasteiger partial charge in [-0.2, -0.15) is 0 Å². The Hall–Kier alpha value is -0.290. The Morgan fingerprint density at radius 2 is 1.58 bits per heavy atom. The summed E-state index contributed by atoms with van der Waals surface area (Å²) >= 11 is 11.8. The van der Waals surface area contributed by atoms with E-state index in [9.17, 15) is 8.42 Å². The molecule has 1 aromatic rings. The van der Waals surface area contributed by atoms with Crippen molar-refractivity contribution < 1.29 is 8.42 Å². The fraction of sp³-hybridized carbons (Fsp3) is 0.538. The van der Waals surface area contributed by atoms with Crippen molar-refractivity contribution in [2.24, 2.45) is 11.8 Å². The second-order valence-electron chi connectivity index (χ2n) is 5.21. The first-order valence-electron chi connectivity index (χ1n) is 6.12. The SMILES string of the molecule is CC(C)C(NS(=O)(=O)c1cc(Cl)ccc1Cl)C(C)C. The predicted octanol–water partition coefficient (Wildman–Crippen LogP) is 3.95. The maximum Gasteiger partial charge on any atom is 0.242 e. The minimum Gasteiger partial charge on any atom is -0.208 e. The number of hydrogen-bond donors (Lipinski definition) is 1. The van der Waals surface area contributed by atoms with E-state index >= 15 is 0 Å². The lowest BCUT2D eigenvalue weighted by atomic mass is 9.94. The van der Waals surface area contributed by atoms with Crippen molar-refractivity contribution in [3.8, 4) is 0 Å². The van der Waals surface area contributed by atoms with Crippen LogP contribution in [-0.2, 0) is 10.0 Å². The molecule has 0 radical (unpaired) electrons. The molecule has 0 aliphatic carbocycles. The molecule has 6 heteroatoms. The summed E-state index contributed by atoms with van der Waals surface area (Å²) in [4.78, 5) is 0.0213. The topological polar surface area (TPSA) is 46.2 Å². The van der Waals surface area contributed by atoms with Crippen LogP contribution in [0.4, 0.5) is 0 Å². The molecule has 0 unspecified atom stereocenters. The fourth-order valence-corrected chi connectivity index (χ4v) is 4.26. The summed E-state index contributed by atoms with van der Waals surface area (Å²) in [7, 11) is -3.67. The van der Waals surface area contributed by atoms with Gasteiger partial charge in [0.05, 0.1) is 5.02 Å². The fourth-order valence-electron chi connectivity index (χ4n) is 1.97. The molecule has 0 aliphatic heterocycles. The zero-order valence-electron chi connectivity index (χ0n) is 11.4. The zero-order chi connectivity index (χ0) is 14.8. The molecule has 0 saturated heterocycles.